The Labute approximate surface area is 104 Å². The van der Waals surface area contributed by atoms with Crippen LogP contribution in [0.2, 0.25) is 0 Å². The van der Waals surface area contributed by atoms with Crippen LogP contribution in [-0.2, 0) is 4.79 Å². The van der Waals surface area contributed by atoms with Crippen LogP contribution < -0.4 is 5.56 Å². The van der Waals surface area contributed by atoms with Crippen molar-refractivity contribution >= 4 is 11.9 Å². The summed E-state index contributed by atoms with van der Waals surface area (Å²) in [5, 5.41) is 8.55. The SMILES string of the molecule is Cc1cc(C)c(C(=O)N(C)CCC(=O)O)c(=O)[nH]1. The molecule has 1 rings (SSSR count). The number of aromatic nitrogens is 1. The van der Waals surface area contributed by atoms with Gasteiger partial charge in [0.25, 0.3) is 11.5 Å². The summed E-state index contributed by atoms with van der Waals surface area (Å²) in [6.07, 6.45) is -0.148. The van der Waals surface area contributed by atoms with Crippen LogP contribution in [0.5, 0.6) is 0 Å². The smallest absolute Gasteiger partial charge is 0.305 e. The van der Waals surface area contributed by atoms with Crippen molar-refractivity contribution in [3.63, 3.8) is 0 Å². The molecule has 0 aliphatic heterocycles. The number of aryl methyl sites for hydroxylation is 2. The molecule has 18 heavy (non-hydrogen) atoms. The first-order valence-corrected chi connectivity index (χ1v) is 5.50. The lowest BCUT2D eigenvalue weighted by Crippen LogP contribution is -2.34. The number of hydrogen-bond donors (Lipinski definition) is 2. The van der Waals surface area contributed by atoms with Crippen molar-refractivity contribution in [1.29, 1.82) is 0 Å². The van der Waals surface area contributed by atoms with Crippen molar-refractivity contribution in [3.05, 3.63) is 33.2 Å². The molecule has 0 fully saturated rings. The van der Waals surface area contributed by atoms with Crippen LogP contribution in [0.4, 0.5) is 0 Å². The van der Waals surface area contributed by atoms with Gasteiger partial charge < -0.3 is 15.0 Å². The van der Waals surface area contributed by atoms with Gasteiger partial charge in [0, 0.05) is 19.3 Å². The Kier molecular flexibility index (Phi) is 4.25. The number of hydrogen-bond acceptors (Lipinski definition) is 3. The zero-order valence-electron chi connectivity index (χ0n) is 10.6. The molecule has 1 aromatic heterocycles. The van der Waals surface area contributed by atoms with Crippen LogP contribution in [0.3, 0.4) is 0 Å². The fraction of sp³-hybridized carbons (Fsp3) is 0.417. The molecule has 1 amide bonds. The molecule has 6 heteroatoms. The maximum Gasteiger partial charge on any atom is 0.305 e. The Bertz CT molecular complexity index is 533. The van der Waals surface area contributed by atoms with Gasteiger partial charge in [0.2, 0.25) is 0 Å². The molecule has 0 aliphatic carbocycles. The number of carbonyl (C=O) groups is 2. The molecule has 0 radical (unpaired) electrons. The quantitative estimate of drug-likeness (QED) is 0.818. The molecule has 0 spiro atoms. The van der Waals surface area contributed by atoms with Crippen molar-refractivity contribution in [2.75, 3.05) is 13.6 Å². The van der Waals surface area contributed by atoms with E-state index in [1.54, 1.807) is 19.9 Å². The van der Waals surface area contributed by atoms with E-state index < -0.39 is 17.4 Å². The van der Waals surface area contributed by atoms with E-state index in [1.165, 1.54) is 11.9 Å². The third-order valence-corrected chi connectivity index (χ3v) is 2.59. The molecule has 0 atom stereocenters. The largest absolute Gasteiger partial charge is 0.481 e. The van der Waals surface area contributed by atoms with Gasteiger partial charge in [-0.15, -0.1) is 0 Å². The molecule has 0 bridgehead atoms. The van der Waals surface area contributed by atoms with E-state index in [9.17, 15) is 14.4 Å². The lowest BCUT2D eigenvalue weighted by molar-refractivity contribution is -0.137. The number of pyridine rings is 1. The van der Waals surface area contributed by atoms with Crippen LogP contribution in [-0.4, -0.2) is 40.5 Å². The van der Waals surface area contributed by atoms with Gasteiger partial charge in [0.05, 0.1) is 6.42 Å². The Hall–Kier alpha value is -2.11. The van der Waals surface area contributed by atoms with Gasteiger partial charge >= 0.3 is 5.97 Å². The first-order chi connectivity index (χ1) is 8.32. The monoisotopic (exact) mass is 252 g/mol. The summed E-state index contributed by atoms with van der Waals surface area (Å²) in [7, 11) is 1.48. The number of aromatic amines is 1. The van der Waals surface area contributed by atoms with E-state index in [1.807, 2.05) is 0 Å². The second-order valence-electron chi connectivity index (χ2n) is 4.21. The molecule has 0 saturated heterocycles. The lowest BCUT2D eigenvalue weighted by Gasteiger charge is -2.16. The van der Waals surface area contributed by atoms with Crippen molar-refractivity contribution in [3.8, 4) is 0 Å². The van der Waals surface area contributed by atoms with Gasteiger partial charge in [-0.3, -0.25) is 14.4 Å². The summed E-state index contributed by atoms with van der Waals surface area (Å²) in [5.41, 5.74) is 0.888. The fourth-order valence-electron chi connectivity index (χ4n) is 1.68. The Balaban J connectivity index is 2.97. The van der Waals surface area contributed by atoms with Crippen LogP contribution in [0.1, 0.15) is 28.0 Å². The Morgan fingerprint density at radius 1 is 1.39 bits per heavy atom. The topological polar surface area (TPSA) is 90.5 Å². The normalized spacial score (nSPS) is 10.2. The maximum absolute atomic E-state index is 12.0. The van der Waals surface area contributed by atoms with E-state index in [0.717, 1.165) is 0 Å². The van der Waals surface area contributed by atoms with Crippen LogP contribution >= 0.6 is 0 Å². The van der Waals surface area contributed by atoms with Crippen LogP contribution in [0.25, 0.3) is 0 Å². The predicted molar refractivity (Wildman–Crippen MR) is 65.8 cm³/mol. The lowest BCUT2D eigenvalue weighted by atomic mass is 10.1. The first-order valence-electron chi connectivity index (χ1n) is 5.50. The average Bonchev–Trinajstić information content (AvgIpc) is 2.24. The second kappa shape index (κ2) is 5.48. The van der Waals surface area contributed by atoms with E-state index in [4.69, 9.17) is 5.11 Å². The predicted octanol–water partition coefficient (Wildman–Crippen LogP) is 0.538. The Morgan fingerprint density at radius 3 is 2.50 bits per heavy atom. The third kappa shape index (κ3) is 3.19. The zero-order chi connectivity index (χ0) is 13.9. The summed E-state index contributed by atoms with van der Waals surface area (Å²) in [6, 6.07) is 1.71. The molecule has 0 aliphatic rings. The number of H-pyrrole nitrogens is 1. The van der Waals surface area contributed by atoms with Gasteiger partial charge in [-0.05, 0) is 25.5 Å². The number of nitrogens with zero attached hydrogens (tertiary/aromatic N) is 1. The molecule has 0 unspecified atom stereocenters. The first kappa shape index (κ1) is 14.0. The summed E-state index contributed by atoms with van der Waals surface area (Å²) < 4.78 is 0. The average molecular weight is 252 g/mol. The van der Waals surface area contributed by atoms with Crippen molar-refractivity contribution in [1.82, 2.24) is 9.88 Å². The minimum absolute atomic E-state index is 0.0634. The molecule has 0 saturated carbocycles. The van der Waals surface area contributed by atoms with E-state index >= 15 is 0 Å². The summed E-state index contributed by atoms with van der Waals surface area (Å²) in [5.74, 6) is -1.45. The minimum Gasteiger partial charge on any atom is -0.481 e. The highest BCUT2D eigenvalue weighted by Gasteiger charge is 2.18. The van der Waals surface area contributed by atoms with Gasteiger partial charge in [-0.2, -0.15) is 0 Å². The van der Waals surface area contributed by atoms with Gasteiger partial charge in [-0.1, -0.05) is 0 Å². The minimum atomic E-state index is -0.982. The highest BCUT2D eigenvalue weighted by atomic mass is 16.4. The third-order valence-electron chi connectivity index (χ3n) is 2.59. The summed E-state index contributed by atoms with van der Waals surface area (Å²) >= 11 is 0. The maximum atomic E-state index is 12.0. The number of carboxylic acid groups (broad SMARTS) is 1. The Morgan fingerprint density at radius 2 is 2.00 bits per heavy atom. The van der Waals surface area contributed by atoms with Crippen LogP contribution in [0.15, 0.2) is 10.9 Å². The second-order valence-corrected chi connectivity index (χ2v) is 4.21. The highest BCUT2D eigenvalue weighted by molar-refractivity contribution is 5.95. The molecular formula is C12H16N2O4. The van der Waals surface area contributed by atoms with Gasteiger partial charge in [0.15, 0.2) is 0 Å². The molecule has 1 heterocycles. The van der Waals surface area contributed by atoms with Gasteiger partial charge in [-0.25, -0.2) is 0 Å². The molecular weight excluding hydrogens is 236 g/mol. The number of nitrogens with one attached hydrogen (secondary N) is 1. The highest BCUT2D eigenvalue weighted by Crippen LogP contribution is 2.06. The van der Waals surface area contributed by atoms with Crippen LogP contribution in [0, 0.1) is 13.8 Å². The molecule has 1 aromatic rings. The number of carbonyl (C=O) groups excluding carboxylic acids is 1. The number of carboxylic acids is 1. The molecule has 0 aromatic carbocycles. The fourth-order valence-corrected chi connectivity index (χ4v) is 1.68. The number of aliphatic carboxylic acids is 1. The standard InChI is InChI=1S/C12H16N2O4/c1-7-6-8(2)13-11(17)10(7)12(18)14(3)5-4-9(15)16/h6H,4-5H2,1-3H3,(H,13,17)(H,15,16). The zero-order valence-corrected chi connectivity index (χ0v) is 10.6. The van der Waals surface area contributed by atoms with Crippen molar-refractivity contribution in [2.45, 2.75) is 20.3 Å². The summed E-state index contributed by atoms with van der Waals surface area (Å²) in [4.78, 5) is 38.0. The summed E-state index contributed by atoms with van der Waals surface area (Å²) in [6.45, 7) is 3.48. The van der Waals surface area contributed by atoms with Crippen molar-refractivity contribution < 1.29 is 14.7 Å². The van der Waals surface area contributed by atoms with E-state index in [-0.39, 0.29) is 18.5 Å². The molecule has 2 N–H and O–H groups in total. The van der Waals surface area contributed by atoms with Crippen molar-refractivity contribution in [2.24, 2.45) is 0 Å². The number of amides is 1. The van der Waals surface area contributed by atoms with Gasteiger partial charge in [0.1, 0.15) is 5.56 Å². The van der Waals surface area contributed by atoms with E-state index in [2.05, 4.69) is 4.98 Å². The van der Waals surface area contributed by atoms with E-state index in [0.29, 0.717) is 11.3 Å². The molecule has 6 nitrogen and oxygen atoms in total. The number of rotatable bonds is 4. The molecule has 98 valence electrons.